The number of carbonyl (C=O) groups is 2. The van der Waals surface area contributed by atoms with Crippen LogP contribution in [0.3, 0.4) is 0 Å². The number of urea groups is 1. The molecule has 1 aromatic carbocycles. The fourth-order valence-electron chi connectivity index (χ4n) is 3.85. The summed E-state index contributed by atoms with van der Waals surface area (Å²) >= 11 is 0. The zero-order chi connectivity index (χ0) is 25.0. The number of alkyl halides is 3. The van der Waals surface area contributed by atoms with E-state index in [4.69, 9.17) is 0 Å². The van der Waals surface area contributed by atoms with Gasteiger partial charge in [-0.1, -0.05) is 12.8 Å². The van der Waals surface area contributed by atoms with E-state index in [0.717, 1.165) is 51.0 Å². The van der Waals surface area contributed by atoms with Gasteiger partial charge in [-0.3, -0.25) is 4.79 Å². The number of aromatic nitrogens is 3. The molecule has 0 aliphatic carbocycles. The molecule has 3 aromatic rings. The summed E-state index contributed by atoms with van der Waals surface area (Å²) in [7, 11) is 0. The summed E-state index contributed by atoms with van der Waals surface area (Å²) in [6.07, 6.45) is 1.85. The van der Waals surface area contributed by atoms with Crippen LogP contribution < -0.4 is 10.6 Å². The second-order valence-electron chi connectivity index (χ2n) is 8.32. The summed E-state index contributed by atoms with van der Waals surface area (Å²) in [5, 5.41) is 9.74. The van der Waals surface area contributed by atoms with Gasteiger partial charge in [-0.2, -0.15) is 18.3 Å². The van der Waals surface area contributed by atoms with Crippen molar-refractivity contribution >= 4 is 23.3 Å². The van der Waals surface area contributed by atoms with Gasteiger partial charge in [0.2, 0.25) is 0 Å². The molecule has 2 N–H and O–H groups in total. The summed E-state index contributed by atoms with van der Waals surface area (Å²) < 4.78 is 39.6. The van der Waals surface area contributed by atoms with E-state index in [-0.39, 0.29) is 17.4 Å². The minimum atomic E-state index is -4.49. The molecule has 0 unspecified atom stereocenters. The lowest BCUT2D eigenvalue weighted by Crippen LogP contribution is -2.35. The third kappa shape index (κ3) is 5.79. The van der Waals surface area contributed by atoms with Crippen molar-refractivity contribution in [2.75, 3.05) is 23.7 Å². The Morgan fingerprint density at radius 1 is 0.886 bits per heavy atom. The average molecular weight is 486 g/mol. The first-order chi connectivity index (χ1) is 16.7. The van der Waals surface area contributed by atoms with Gasteiger partial charge in [-0.15, -0.1) is 0 Å². The molecule has 0 saturated carbocycles. The van der Waals surface area contributed by atoms with Gasteiger partial charge in [0.25, 0.3) is 5.91 Å². The highest BCUT2D eigenvalue weighted by Gasteiger charge is 2.31. The molecule has 0 radical (unpaired) electrons. The highest BCUT2D eigenvalue weighted by atomic mass is 19.4. The van der Waals surface area contributed by atoms with Gasteiger partial charge in [-0.05, 0) is 56.2 Å². The van der Waals surface area contributed by atoms with Crippen LogP contribution >= 0.6 is 0 Å². The maximum Gasteiger partial charge on any atom is 0.417 e. The number of benzene rings is 1. The van der Waals surface area contributed by atoms with Crippen LogP contribution in [0.15, 0.2) is 48.8 Å². The van der Waals surface area contributed by atoms with Crippen molar-refractivity contribution in [3.8, 4) is 5.82 Å². The van der Waals surface area contributed by atoms with Crippen molar-refractivity contribution in [3.05, 3.63) is 65.6 Å². The predicted octanol–water partition coefficient (Wildman–Crippen LogP) is 5.25. The molecule has 1 aliphatic rings. The van der Waals surface area contributed by atoms with Crippen LogP contribution in [-0.4, -0.2) is 44.7 Å². The molecule has 35 heavy (non-hydrogen) atoms. The van der Waals surface area contributed by atoms with Crippen molar-refractivity contribution < 1.29 is 22.8 Å². The summed E-state index contributed by atoms with van der Waals surface area (Å²) in [4.78, 5) is 30.9. The van der Waals surface area contributed by atoms with E-state index < -0.39 is 17.6 Å². The Morgan fingerprint density at radius 2 is 1.51 bits per heavy atom. The monoisotopic (exact) mass is 486 g/mol. The Balaban J connectivity index is 1.39. The third-order valence-corrected chi connectivity index (χ3v) is 5.83. The number of halogens is 3. The fraction of sp³-hybridized carbons (Fsp3) is 0.333. The number of amides is 3. The maximum absolute atomic E-state index is 12.8. The molecule has 184 valence electrons. The zero-order valence-corrected chi connectivity index (χ0v) is 19.1. The molecule has 1 aliphatic heterocycles. The van der Waals surface area contributed by atoms with Gasteiger partial charge in [0, 0.05) is 30.7 Å². The molecule has 11 heteroatoms. The number of hydrogen-bond donors (Lipinski definition) is 2. The molecular formula is C24H25F3N6O2. The molecule has 2 aromatic heterocycles. The van der Waals surface area contributed by atoms with Gasteiger partial charge in [0.1, 0.15) is 0 Å². The van der Waals surface area contributed by atoms with E-state index >= 15 is 0 Å². The van der Waals surface area contributed by atoms with Crippen LogP contribution in [0, 0.1) is 6.92 Å². The van der Waals surface area contributed by atoms with E-state index in [1.54, 1.807) is 31.2 Å². The smallest absolute Gasteiger partial charge is 0.325 e. The SMILES string of the molecule is Cc1c(C(=O)Nc2ccc(NC(=O)N3CCCCCC3)cc2)cnn1-c1ccc(C(F)(F)F)cn1. The normalized spacial score (nSPS) is 14.3. The van der Waals surface area contributed by atoms with E-state index in [2.05, 4.69) is 20.7 Å². The molecular weight excluding hydrogens is 461 g/mol. The molecule has 0 bridgehead atoms. The van der Waals surface area contributed by atoms with E-state index in [1.807, 2.05) is 4.90 Å². The second-order valence-corrected chi connectivity index (χ2v) is 8.32. The van der Waals surface area contributed by atoms with Crippen LogP contribution in [0.1, 0.15) is 47.3 Å². The van der Waals surface area contributed by atoms with Gasteiger partial charge in [-0.25, -0.2) is 14.5 Å². The minimum absolute atomic E-state index is 0.136. The Labute approximate surface area is 200 Å². The van der Waals surface area contributed by atoms with E-state index in [1.165, 1.54) is 16.9 Å². The highest BCUT2D eigenvalue weighted by molar-refractivity contribution is 6.05. The number of nitrogens with one attached hydrogen (secondary N) is 2. The lowest BCUT2D eigenvalue weighted by molar-refractivity contribution is -0.137. The highest BCUT2D eigenvalue weighted by Crippen LogP contribution is 2.29. The molecule has 4 rings (SSSR count). The van der Waals surface area contributed by atoms with Crippen molar-refractivity contribution in [1.29, 1.82) is 0 Å². The van der Waals surface area contributed by atoms with Crippen LogP contribution in [0.5, 0.6) is 0 Å². The first kappa shape index (κ1) is 24.2. The topological polar surface area (TPSA) is 92.2 Å². The van der Waals surface area contributed by atoms with Crippen LogP contribution in [0.25, 0.3) is 5.82 Å². The molecule has 1 saturated heterocycles. The van der Waals surface area contributed by atoms with E-state index in [9.17, 15) is 22.8 Å². The number of hydrogen-bond acceptors (Lipinski definition) is 4. The van der Waals surface area contributed by atoms with Gasteiger partial charge in [0.05, 0.1) is 23.0 Å². The second kappa shape index (κ2) is 10.2. The van der Waals surface area contributed by atoms with E-state index in [0.29, 0.717) is 17.1 Å². The Kier molecular flexibility index (Phi) is 7.04. The molecule has 3 amide bonds. The van der Waals surface area contributed by atoms with Crippen molar-refractivity contribution in [2.45, 2.75) is 38.8 Å². The van der Waals surface area contributed by atoms with Gasteiger partial charge in [0.15, 0.2) is 5.82 Å². The van der Waals surface area contributed by atoms with Gasteiger partial charge < -0.3 is 15.5 Å². The summed E-state index contributed by atoms with van der Waals surface area (Å²) in [5.74, 6) is -0.263. The number of carbonyl (C=O) groups excluding carboxylic acids is 2. The van der Waals surface area contributed by atoms with Crippen molar-refractivity contribution in [2.24, 2.45) is 0 Å². The predicted molar refractivity (Wildman–Crippen MR) is 125 cm³/mol. The number of anilines is 2. The lowest BCUT2D eigenvalue weighted by Gasteiger charge is -2.20. The van der Waals surface area contributed by atoms with Crippen LogP contribution in [0.2, 0.25) is 0 Å². The number of likely N-dealkylation sites (tertiary alicyclic amines) is 1. The molecule has 3 heterocycles. The molecule has 8 nitrogen and oxygen atoms in total. The summed E-state index contributed by atoms with van der Waals surface area (Å²) in [6, 6.07) is 8.73. The summed E-state index contributed by atoms with van der Waals surface area (Å²) in [6.45, 7) is 3.12. The summed E-state index contributed by atoms with van der Waals surface area (Å²) in [5.41, 5.74) is 0.952. The average Bonchev–Trinajstić information content (AvgIpc) is 3.03. The maximum atomic E-state index is 12.8. The Hall–Kier alpha value is -3.89. The molecule has 0 atom stereocenters. The van der Waals surface area contributed by atoms with Crippen molar-refractivity contribution in [3.63, 3.8) is 0 Å². The number of nitrogens with zero attached hydrogens (tertiary/aromatic N) is 4. The largest absolute Gasteiger partial charge is 0.417 e. The number of pyridine rings is 1. The Morgan fingerprint density at radius 3 is 2.09 bits per heavy atom. The zero-order valence-electron chi connectivity index (χ0n) is 19.1. The number of rotatable bonds is 4. The van der Waals surface area contributed by atoms with Crippen LogP contribution in [-0.2, 0) is 6.18 Å². The van der Waals surface area contributed by atoms with Gasteiger partial charge >= 0.3 is 12.2 Å². The van der Waals surface area contributed by atoms with Crippen molar-refractivity contribution in [1.82, 2.24) is 19.7 Å². The lowest BCUT2D eigenvalue weighted by atomic mass is 10.2. The van der Waals surface area contributed by atoms with Crippen LogP contribution in [0.4, 0.5) is 29.3 Å². The molecule has 1 fully saturated rings. The molecule has 0 spiro atoms. The fourth-order valence-corrected chi connectivity index (χ4v) is 3.85. The Bertz CT molecular complexity index is 1180. The quantitative estimate of drug-likeness (QED) is 0.527. The first-order valence-corrected chi connectivity index (χ1v) is 11.3. The standard InChI is InChI=1S/C24H25F3N6O2/c1-16-20(15-29-33(16)21-11-6-17(14-28-21)24(25,26)27)22(34)30-18-7-9-19(10-8-18)31-23(35)32-12-4-2-3-5-13-32/h6-11,14-15H,2-5,12-13H2,1H3,(H,30,34)(H,31,35). The third-order valence-electron chi connectivity index (χ3n) is 5.83. The minimum Gasteiger partial charge on any atom is -0.325 e. The first-order valence-electron chi connectivity index (χ1n) is 11.3.